The Morgan fingerprint density at radius 2 is 2.10 bits per heavy atom. The molecule has 1 N–H and O–H groups in total. The second-order valence-corrected chi connectivity index (χ2v) is 5.74. The maximum atomic E-state index is 11.6. The van der Waals surface area contributed by atoms with Crippen molar-refractivity contribution in [1.82, 2.24) is 14.8 Å². The van der Waals surface area contributed by atoms with E-state index in [4.69, 9.17) is 4.74 Å². The summed E-state index contributed by atoms with van der Waals surface area (Å²) >= 11 is 1.59. The molecule has 0 amide bonds. The molecule has 1 heterocycles. The van der Waals surface area contributed by atoms with Crippen molar-refractivity contribution in [3.8, 4) is 5.75 Å². The lowest BCUT2D eigenvalue weighted by atomic mass is 10.3. The van der Waals surface area contributed by atoms with E-state index in [1.807, 2.05) is 30.3 Å². The number of hydrogen-bond acceptors (Lipinski definition) is 4. The summed E-state index contributed by atoms with van der Waals surface area (Å²) in [5.74, 6) is 1.77. The molecule has 114 valence electrons. The van der Waals surface area contributed by atoms with Crippen LogP contribution in [0.2, 0.25) is 0 Å². The van der Waals surface area contributed by atoms with Gasteiger partial charge < -0.3 is 4.74 Å². The van der Waals surface area contributed by atoms with Crippen LogP contribution in [0.5, 0.6) is 5.75 Å². The normalized spacial score (nSPS) is 10.7. The summed E-state index contributed by atoms with van der Waals surface area (Å²) in [6, 6.07) is 9.78. The number of aromatic nitrogens is 3. The van der Waals surface area contributed by atoms with Gasteiger partial charge in [0.05, 0.1) is 6.61 Å². The molecular weight excluding hydrogens is 286 g/mol. The van der Waals surface area contributed by atoms with Crippen molar-refractivity contribution in [2.24, 2.45) is 0 Å². The van der Waals surface area contributed by atoms with Gasteiger partial charge in [-0.3, -0.25) is 4.57 Å². The monoisotopic (exact) mass is 307 g/mol. The average Bonchev–Trinajstić information content (AvgIpc) is 2.86. The molecule has 0 saturated heterocycles. The first-order chi connectivity index (χ1) is 10.3. The number of hydrogen-bond donors (Lipinski definition) is 1. The van der Waals surface area contributed by atoms with Crippen molar-refractivity contribution in [2.45, 2.75) is 37.9 Å². The van der Waals surface area contributed by atoms with E-state index in [0.717, 1.165) is 42.5 Å². The maximum absolute atomic E-state index is 11.6. The van der Waals surface area contributed by atoms with Gasteiger partial charge in [-0.1, -0.05) is 43.3 Å². The molecular formula is C15H21N3O2S. The molecule has 1 aromatic carbocycles. The van der Waals surface area contributed by atoms with Crippen LogP contribution in [0.4, 0.5) is 0 Å². The number of unbranched alkanes of at least 4 members (excludes halogenated alkanes) is 1. The van der Waals surface area contributed by atoms with Crippen LogP contribution in [0, 0.1) is 0 Å². The highest BCUT2D eigenvalue weighted by Gasteiger charge is 2.07. The minimum absolute atomic E-state index is 0.119. The number of ether oxygens (including phenoxy) is 1. The molecule has 6 heteroatoms. The van der Waals surface area contributed by atoms with Crippen molar-refractivity contribution in [1.29, 1.82) is 0 Å². The Bertz CT molecular complexity index is 580. The summed E-state index contributed by atoms with van der Waals surface area (Å²) in [4.78, 5) is 11.6. The van der Waals surface area contributed by atoms with E-state index in [1.54, 1.807) is 16.3 Å². The Morgan fingerprint density at radius 3 is 2.86 bits per heavy atom. The Hall–Kier alpha value is -1.69. The van der Waals surface area contributed by atoms with Crippen LogP contribution >= 0.6 is 11.8 Å². The van der Waals surface area contributed by atoms with Gasteiger partial charge in [0.15, 0.2) is 5.16 Å². The zero-order valence-electron chi connectivity index (χ0n) is 12.2. The van der Waals surface area contributed by atoms with Crippen LogP contribution < -0.4 is 10.4 Å². The lowest BCUT2D eigenvalue weighted by Crippen LogP contribution is -2.17. The molecule has 0 aliphatic heterocycles. The molecule has 0 bridgehead atoms. The van der Waals surface area contributed by atoms with Gasteiger partial charge in [0.25, 0.3) is 0 Å². The Labute approximate surface area is 128 Å². The second kappa shape index (κ2) is 8.56. The van der Waals surface area contributed by atoms with Crippen molar-refractivity contribution in [3.05, 3.63) is 40.8 Å². The minimum atomic E-state index is -0.119. The predicted octanol–water partition coefficient (Wildman–Crippen LogP) is 2.93. The summed E-state index contributed by atoms with van der Waals surface area (Å²) in [5, 5.41) is 7.36. The van der Waals surface area contributed by atoms with Crippen molar-refractivity contribution >= 4 is 11.8 Å². The van der Waals surface area contributed by atoms with Crippen molar-refractivity contribution in [2.75, 3.05) is 12.4 Å². The number of aromatic amines is 1. The van der Waals surface area contributed by atoms with E-state index in [9.17, 15) is 4.79 Å². The number of benzene rings is 1. The lowest BCUT2D eigenvalue weighted by Gasteiger charge is -2.06. The van der Waals surface area contributed by atoms with Gasteiger partial charge in [-0.25, -0.2) is 9.89 Å². The number of nitrogens with one attached hydrogen (secondary N) is 1. The zero-order valence-corrected chi connectivity index (χ0v) is 13.1. The third-order valence-corrected chi connectivity index (χ3v) is 4.05. The molecule has 5 nitrogen and oxygen atoms in total. The molecule has 2 rings (SSSR count). The van der Waals surface area contributed by atoms with Crippen LogP contribution in [0.1, 0.15) is 26.2 Å². The Kier molecular flexibility index (Phi) is 6.40. The van der Waals surface area contributed by atoms with Crippen LogP contribution in [-0.4, -0.2) is 27.1 Å². The predicted molar refractivity (Wildman–Crippen MR) is 85.0 cm³/mol. The maximum Gasteiger partial charge on any atom is 0.343 e. The number of nitrogens with zero attached hydrogens (tertiary/aromatic N) is 2. The fraction of sp³-hybridized carbons (Fsp3) is 0.467. The van der Waals surface area contributed by atoms with Crippen molar-refractivity contribution < 1.29 is 4.74 Å². The van der Waals surface area contributed by atoms with Crippen LogP contribution in [0.25, 0.3) is 0 Å². The van der Waals surface area contributed by atoms with Crippen molar-refractivity contribution in [3.63, 3.8) is 0 Å². The standard InChI is InChI=1S/C15H21N3O2S/c1-2-3-10-18-14(19)16-17-15(18)21-12-7-11-20-13-8-5-4-6-9-13/h4-6,8-9H,2-3,7,10-12H2,1H3,(H,16,19). The molecule has 0 atom stereocenters. The highest BCUT2D eigenvalue weighted by atomic mass is 32.2. The average molecular weight is 307 g/mol. The van der Waals surface area contributed by atoms with E-state index in [2.05, 4.69) is 17.1 Å². The quantitative estimate of drug-likeness (QED) is 0.571. The van der Waals surface area contributed by atoms with Crippen LogP contribution in [-0.2, 0) is 6.54 Å². The molecule has 0 radical (unpaired) electrons. The number of thioether (sulfide) groups is 1. The van der Waals surface area contributed by atoms with Gasteiger partial charge in [-0.15, -0.1) is 5.10 Å². The SMILES string of the molecule is CCCCn1c(SCCCOc2ccccc2)n[nH]c1=O. The first-order valence-electron chi connectivity index (χ1n) is 7.27. The van der Waals surface area contributed by atoms with E-state index >= 15 is 0 Å². The van der Waals surface area contributed by atoms with Gasteiger partial charge in [-0.05, 0) is 25.0 Å². The molecule has 0 saturated carbocycles. The molecule has 0 unspecified atom stereocenters. The highest BCUT2D eigenvalue weighted by molar-refractivity contribution is 7.99. The summed E-state index contributed by atoms with van der Waals surface area (Å²) in [5.41, 5.74) is -0.119. The molecule has 1 aromatic heterocycles. The van der Waals surface area contributed by atoms with Crippen LogP contribution in [0.15, 0.2) is 40.3 Å². The van der Waals surface area contributed by atoms with Gasteiger partial charge in [0.2, 0.25) is 0 Å². The lowest BCUT2D eigenvalue weighted by molar-refractivity contribution is 0.318. The molecule has 0 aliphatic carbocycles. The first kappa shape index (κ1) is 15.7. The number of rotatable bonds is 9. The Morgan fingerprint density at radius 1 is 1.29 bits per heavy atom. The van der Waals surface area contributed by atoms with E-state index in [1.165, 1.54) is 0 Å². The largest absolute Gasteiger partial charge is 0.494 e. The third-order valence-electron chi connectivity index (χ3n) is 2.99. The number of para-hydroxylation sites is 1. The van der Waals surface area contributed by atoms with Crippen LogP contribution in [0.3, 0.4) is 0 Å². The fourth-order valence-electron chi connectivity index (χ4n) is 1.86. The Balaban J connectivity index is 1.72. The zero-order chi connectivity index (χ0) is 14.9. The molecule has 0 aliphatic rings. The van der Waals surface area contributed by atoms with Gasteiger partial charge in [0.1, 0.15) is 5.75 Å². The molecule has 0 spiro atoms. The molecule has 21 heavy (non-hydrogen) atoms. The van der Waals surface area contributed by atoms with E-state index < -0.39 is 0 Å². The summed E-state index contributed by atoms with van der Waals surface area (Å²) in [6.45, 7) is 3.51. The van der Waals surface area contributed by atoms with Gasteiger partial charge in [0, 0.05) is 12.3 Å². The molecule has 0 fully saturated rings. The van der Waals surface area contributed by atoms with E-state index in [-0.39, 0.29) is 5.69 Å². The topological polar surface area (TPSA) is 59.9 Å². The smallest absolute Gasteiger partial charge is 0.343 e. The van der Waals surface area contributed by atoms with E-state index in [0.29, 0.717) is 6.61 Å². The summed E-state index contributed by atoms with van der Waals surface area (Å²) in [6.07, 6.45) is 2.96. The second-order valence-electron chi connectivity index (χ2n) is 4.68. The first-order valence-corrected chi connectivity index (χ1v) is 8.25. The number of H-pyrrole nitrogens is 1. The minimum Gasteiger partial charge on any atom is -0.494 e. The van der Waals surface area contributed by atoms with Gasteiger partial charge in [-0.2, -0.15) is 0 Å². The fourth-order valence-corrected chi connectivity index (χ4v) is 2.74. The third kappa shape index (κ3) is 4.97. The van der Waals surface area contributed by atoms with Gasteiger partial charge >= 0.3 is 5.69 Å². The summed E-state index contributed by atoms with van der Waals surface area (Å²) in [7, 11) is 0. The molecule has 2 aromatic rings. The summed E-state index contributed by atoms with van der Waals surface area (Å²) < 4.78 is 7.35. The highest BCUT2D eigenvalue weighted by Crippen LogP contribution is 2.15.